The predicted molar refractivity (Wildman–Crippen MR) is 109 cm³/mol. The van der Waals surface area contributed by atoms with Gasteiger partial charge in [0.25, 0.3) is 0 Å². The van der Waals surface area contributed by atoms with Crippen LogP contribution in [0.1, 0.15) is 12.8 Å². The van der Waals surface area contributed by atoms with Gasteiger partial charge in [-0.1, -0.05) is 12.1 Å². The number of benzene rings is 1. The molecule has 0 saturated carbocycles. The van der Waals surface area contributed by atoms with Gasteiger partial charge < -0.3 is 9.80 Å². The van der Waals surface area contributed by atoms with Crippen molar-refractivity contribution >= 4 is 22.6 Å². The summed E-state index contributed by atoms with van der Waals surface area (Å²) in [5.74, 6) is 0.596. The van der Waals surface area contributed by atoms with Gasteiger partial charge >= 0.3 is 6.03 Å². The highest BCUT2D eigenvalue weighted by Gasteiger charge is 2.41. The molecule has 0 radical (unpaired) electrons. The van der Waals surface area contributed by atoms with Gasteiger partial charge in [-0.05, 0) is 43.0 Å². The molecule has 4 heterocycles. The molecule has 2 saturated heterocycles. The lowest BCUT2D eigenvalue weighted by Gasteiger charge is -2.39. The van der Waals surface area contributed by atoms with Gasteiger partial charge in [0.2, 0.25) is 0 Å². The Hall–Kier alpha value is -2.93. The molecule has 7 nitrogen and oxygen atoms in total. The first-order valence-corrected chi connectivity index (χ1v) is 9.73. The number of amides is 2. The number of pyridine rings is 1. The fourth-order valence-corrected chi connectivity index (χ4v) is 4.58. The van der Waals surface area contributed by atoms with Gasteiger partial charge in [0, 0.05) is 55.6 Å². The SMILES string of the molecule is CN1CC2CCC(C1)N2C(=O)Nc1cc2cc(-c3cnn(C)c3)ccc2cn1. The number of nitrogens with one attached hydrogen (secondary N) is 1. The number of likely N-dealkylation sites (tertiary alicyclic amines) is 1. The van der Waals surface area contributed by atoms with Crippen LogP contribution in [-0.2, 0) is 7.05 Å². The van der Waals surface area contributed by atoms with Gasteiger partial charge in [0.05, 0.1) is 6.20 Å². The van der Waals surface area contributed by atoms with Gasteiger partial charge in [-0.2, -0.15) is 5.10 Å². The number of aromatic nitrogens is 3. The number of urea groups is 1. The van der Waals surface area contributed by atoms with Crippen molar-refractivity contribution in [1.29, 1.82) is 0 Å². The number of hydrogen-bond donors (Lipinski definition) is 1. The lowest BCUT2D eigenvalue weighted by molar-refractivity contribution is 0.111. The molecule has 2 bridgehead atoms. The second-order valence-corrected chi connectivity index (χ2v) is 7.98. The smallest absolute Gasteiger partial charge is 0.316 e. The quantitative estimate of drug-likeness (QED) is 0.747. The minimum Gasteiger partial charge on any atom is -0.316 e. The number of likely N-dealkylation sites (N-methyl/N-ethyl adjacent to an activating group) is 1. The predicted octanol–water partition coefficient (Wildman–Crippen LogP) is 2.95. The van der Waals surface area contributed by atoms with Gasteiger partial charge in [0.15, 0.2) is 0 Å². The van der Waals surface area contributed by atoms with Crippen LogP contribution in [0.5, 0.6) is 0 Å². The molecule has 28 heavy (non-hydrogen) atoms. The number of carbonyl (C=O) groups excluding carboxylic acids is 1. The Balaban J connectivity index is 1.39. The Bertz CT molecular complexity index is 1030. The number of rotatable bonds is 2. The third kappa shape index (κ3) is 3.01. The number of carbonyl (C=O) groups is 1. The third-order valence-electron chi connectivity index (χ3n) is 5.89. The lowest BCUT2D eigenvalue weighted by atomic mass is 10.1. The third-order valence-corrected chi connectivity index (χ3v) is 5.89. The first-order valence-electron chi connectivity index (χ1n) is 9.73. The number of anilines is 1. The molecule has 2 aromatic heterocycles. The Morgan fingerprint density at radius 2 is 1.82 bits per heavy atom. The molecule has 2 aliphatic heterocycles. The van der Waals surface area contributed by atoms with Crippen molar-refractivity contribution in [3.05, 3.63) is 42.9 Å². The summed E-state index contributed by atoms with van der Waals surface area (Å²) in [6.07, 6.45) is 7.84. The van der Waals surface area contributed by atoms with Crippen LogP contribution < -0.4 is 5.32 Å². The molecule has 2 amide bonds. The van der Waals surface area contributed by atoms with Crippen LogP contribution in [0.15, 0.2) is 42.9 Å². The molecule has 0 aliphatic carbocycles. The average molecular weight is 376 g/mol. The van der Waals surface area contributed by atoms with Crippen molar-refractivity contribution in [2.45, 2.75) is 24.9 Å². The minimum atomic E-state index is -0.0316. The number of nitrogens with zero attached hydrogens (tertiary/aromatic N) is 5. The number of hydrogen-bond acceptors (Lipinski definition) is 4. The van der Waals surface area contributed by atoms with Crippen molar-refractivity contribution in [2.75, 3.05) is 25.5 Å². The fraction of sp³-hybridized carbons (Fsp3) is 0.381. The van der Waals surface area contributed by atoms with E-state index < -0.39 is 0 Å². The van der Waals surface area contributed by atoms with Crippen molar-refractivity contribution in [3.8, 4) is 11.1 Å². The zero-order valence-corrected chi connectivity index (χ0v) is 16.2. The number of aryl methyl sites for hydroxylation is 1. The first kappa shape index (κ1) is 17.2. The normalized spacial score (nSPS) is 22.0. The molecule has 1 N–H and O–H groups in total. The topological polar surface area (TPSA) is 66.3 Å². The van der Waals surface area contributed by atoms with E-state index in [0.29, 0.717) is 17.9 Å². The highest BCUT2D eigenvalue weighted by atomic mass is 16.2. The molecule has 2 unspecified atom stereocenters. The van der Waals surface area contributed by atoms with Crippen LogP contribution in [0.2, 0.25) is 0 Å². The molecule has 144 valence electrons. The summed E-state index contributed by atoms with van der Waals surface area (Å²) in [6, 6.07) is 8.77. The Labute approximate surface area is 164 Å². The van der Waals surface area contributed by atoms with E-state index >= 15 is 0 Å². The van der Waals surface area contributed by atoms with E-state index in [-0.39, 0.29) is 6.03 Å². The van der Waals surface area contributed by atoms with E-state index in [1.54, 1.807) is 4.68 Å². The number of fused-ring (bicyclic) bond motifs is 3. The van der Waals surface area contributed by atoms with Crippen LogP contribution in [0.25, 0.3) is 21.9 Å². The first-order chi connectivity index (χ1) is 13.6. The summed E-state index contributed by atoms with van der Waals surface area (Å²) in [7, 11) is 4.04. The minimum absolute atomic E-state index is 0.0316. The molecule has 5 rings (SSSR count). The fourth-order valence-electron chi connectivity index (χ4n) is 4.58. The molecule has 3 aromatic rings. The monoisotopic (exact) mass is 376 g/mol. The summed E-state index contributed by atoms with van der Waals surface area (Å²) in [4.78, 5) is 21.7. The molecule has 2 atom stereocenters. The molecule has 7 heteroatoms. The molecule has 2 aliphatic rings. The van der Waals surface area contributed by atoms with Gasteiger partial charge in [0.1, 0.15) is 5.82 Å². The molecular formula is C21H24N6O. The Kier molecular flexibility index (Phi) is 4.05. The summed E-state index contributed by atoms with van der Waals surface area (Å²) >= 11 is 0. The lowest BCUT2D eigenvalue weighted by Crippen LogP contribution is -2.55. The van der Waals surface area contributed by atoms with E-state index in [9.17, 15) is 4.79 Å². The van der Waals surface area contributed by atoms with Crippen molar-refractivity contribution in [2.24, 2.45) is 7.05 Å². The summed E-state index contributed by atoms with van der Waals surface area (Å²) in [6.45, 7) is 1.90. The highest BCUT2D eigenvalue weighted by molar-refractivity contribution is 5.93. The average Bonchev–Trinajstić information content (AvgIpc) is 3.22. The summed E-state index contributed by atoms with van der Waals surface area (Å²) < 4.78 is 1.79. The van der Waals surface area contributed by atoms with Gasteiger partial charge in [-0.15, -0.1) is 0 Å². The number of piperazine rings is 1. The maximum atomic E-state index is 12.9. The molecule has 1 aromatic carbocycles. The van der Waals surface area contributed by atoms with E-state index in [4.69, 9.17) is 0 Å². The van der Waals surface area contributed by atoms with Gasteiger partial charge in [-0.3, -0.25) is 10.00 Å². The highest BCUT2D eigenvalue weighted by Crippen LogP contribution is 2.30. The maximum absolute atomic E-state index is 12.9. The zero-order valence-electron chi connectivity index (χ0n) is 16.2. The second-order valence-electron chi connectivity index (χ2n) is 7.98. The van der Waals surface area contributed by atoms with Gasteiger partial charge in [-0.25, -0.2) is 9.78 Å². The Morgan fingerprint density at radius 3 is 2.54 bits per heavy atom. The molecular weight excluding hydrogens is 352 g/mol. The Morgan fingerprint density at radius 1 is 1.04 bits per heavy atom. The van der Waals surface area contributed by atoms with Crippen LogP contribution in [0, 0.1) is 0 Å². The molecule has 2 fully saturated rings. The zero-order chi connectivity index (χ0) is 19.3. The van der Waals surface area contributed by atoms with Crippen LogP contribution >= 0.6 is 0 Å². The van der Waals surface area contributed by atoms with Crippen molar-refractivity contribution < 1.29 is 4.79 Å². The maximum Gasteiger partial charge on any atom is 0.323 e. The molecule has 0 spiro atoms. The van der Waals surface area contributed by atoms with E-state index in [0.717, 1.165) is 47.8 Å². The van der Waals surface area contributed by atoms with E-state index in [1.165, 1.54) is 0 Å². The van der Waals surface area contributed by atoms with Crippen LogP contribution in [0.4, 0.5) is 10.6 Å². The van der Waals surface area contributed by atoms with Crippen LogP contribution in [0.3, 0.4) is 0 Å². The van der Waals surface area contributed by atoms with Crippen LogP contribution in [-0.4, -0.2) is 62.8 Å². The van der Waals surface area contributed by atoms with E-state index in [1.807, 2.05) is 36.6 Å². The van der Waals surface area contributed by atoms with E-state index in [2.05, 4.69) is 45.5 Å². The summed E-state index contributed by atoms with van der Waals surface area (Å²) in [5.41, 5.74) is 2.17. The summed E-state index contributed by atoms with van der Waals surface area (Å²) in [5, 5.41) is 9.36. The van der Waals surface area contributed by atoms with Crippen molar-refractivity contribution in [3.63, 3.8) is 0 Å². The van der Waals surface area contributed by atoms with Crippen molar-refractivity contribution in [1.82, 2.24) is 24.6 Å². The standard InChI is InChI=1S/C21H24N6O/c1-25-12-18-5-6-19(13-25)27(18)21(28)24-20-8-16-7-14(3-4-15(16)9-22-20)17-10-23-26(2)11-17/h3-4,7-11,18-19H,5-6,12-13H2,1-2H3,(H,22,24,28). The second kappa shape index (κ2) is 6.60. The largest absolute Gasteiger partial charge is 0.323 e.